The fraction of sp³-hybridized carbons (Fsp3) is 0.278. The molecule has 0 spiro atoms. The molecule has 25 heavy (non-hydrogen) atoms. The number of amides is 1. The molecule has 3 N–H and O–H groups in total. The highest BCUT2D eigenvalue weighted by molar-refractivity contribution is 6.32. The van der Waals surface area contributed by atoms with E-state index in [-0.39, 0.29) is 12.6 Å². The van der Waals surface area contributed by atoms with Crippen LogP contribution in [0.25, 0.3) is 0 Å². The topological polar surface area (TPSA) is 73.6 Å². The SMILES string of the molecule is COc1cc(CNC(C)c2ccc(Cl)cc2)cc(Cl)c1OCC(N)=O. The van der Waals surface area contributed by atoms with Crippen molar-refractivity contribution in [1.82, 2.24) is 5.32 Å². The Kier molecular flexibility index (Phi) is 6.93. The Labute approximate surface area is 157 Å². The first kappa shape index (κ1) is 19.4. The fourth-order valence-corrected chi connectivity index (χ4v) is 2.71. The van der Waals surface area contributed by atoms with Gasteiger partial charge in [-0.3, -0.25) is 4.79 Å². The number of ether oxygens (including phenoxy) is 2. The number of nitrogens with two attached hydrogens (primary N) is 1. The second-order valence-corrected chi connectivity index (χ2v) is 6.36. The number of carbonyl (C=O) groups excluding carboxylic acids is 1. The predicted molar refractivity (Wildman–Crippen MR) is 99.4 cm³/mol. The number of hydrogen-bond acceptors (Lipinski definition) is 4. The summed E-state index contributed by atoms with van der Waals surface area (Å²) in [6.45, 7) is 2.38. The highest BCUT2D eigenvalue weighted by Crippen LogP contribution is 2.36. The minimum absolute atomic E-state index is 0.132. The van der Waals surface area contributed by atoms with Crippen molar-refractivity contribution >= 4 is 29.1 Å². The zero-order chi connectivity index (χ0) is 18.4. The lowest BCUT2D eigenvalue weighted by molar-refractivity contribution is -0.119. The summed E-state index contributed by atoms with van der Waals surface area (Å²) in [5, 5.41) is 4.48. The van der Waals surface area contributed by atoms with Gasteiger partial charge in [-0.15, -0.1) is 0 Å². The molecule has 2 aromatic rings. The van der Waals surface area contributed by atoms with Crippen molar-refractivity contribution in [2.75, 3.05) is 13.7 Å². The van der Waals surface area contributed by atoms with Crippen LogP contribution in [0.3, 0.4) is 0 Å². The van der Waals surface area contributed by atoms with E-state index in [1.54, 1.807) is 6.07 Å². The van der Waals surface area contributed by atoms with Crippen LogP contribution < -0.4 is 20.5 Å². The van der Waals surface area contributed by atoms with Crippen LogP contribution in [0.15, 0.2) is 36.4 Å². The average Bonchev–Trinajstić information content (AvgIpc) is 2.58. The van der Waals surface area contributed by atoms with Crippen LogP contribution in [0.1, 0.15) is 24.1 Å². The molecule has 0 saturated heterocycles. The third kappa shape index (κ3) is 5.53. The Balaban J connectivity index is 2.07. The van der Waals surface area contributed by atoms with Gasteiger partial charge in [-0.2, -0.15) is 0 Å². The summed E-state index contributed by atoms with van der Waals surface area (Å²) >= 11 is 12.2. The molecular formula is C18H20Cl2N2O3. The van der Waals surface area contributed by atoms with Gasteiger partial charge < -0.3 is 20.5 Å². The average molecular weight is 383 g/mol. The van der Waals surface area contributed by atoms with E-state index in [1.807, 2.05) is 30.3 Å². The summed E-state index contributed by atoms with van der Waals surface area (Å²) in [5.41, 5.74) is 7.14. The van der Waals surface area contributed by atoms with Gasteiger partial charge in [0, 0.05) is 17.6 Å². The van der Waals surface area contributed by atoms with Crippen molar-refractivity contribution in [1.29, 1.82) is 0 Å². The van der Waals surface area contributed by atoms with Crippen LogP contribution in [0.4, 0.5) is 0 Å². The molecule has 1 amide bonds. The zero-order valence-electron chi connectivity index (χ0n) is 14.0. The summed E-state index contributed by atoms with van der Waals surface area (Å²) in [6.07, 6.45) is 0. The van der Waals surface area contributed by atoms with E-state index in [0.29, 0.717) is 28.1 Å². The molecule has 0 saturated carbocycles. The fourth-order valence-electron chi connectivity index (χ4n) is 2.30. The lowest BCUT2D eigenvalue weighted by Crippen LogP contribution is -2.20. The van der Waals surface area contributed by atoms with Gasteiger partial charge in [0.25, 0.3) is 5.91 Å². The largest absolute Gasteiger partial charge is 0.493 e. The smallest absolute Gasteiger partial charge is 0.255 e. The molecule has 0 bridgehead atoms. The van der Waals surface area contributed by atoms with E-state index in [1.165, 1.54) is 7.11 Å². The number of halogens is 2. The molecule has 0 heterocycles. The molecule has 0 aliphatic heterocycles. The first-order chi connectivity index (χ1) is 11.9. The van der Waals surface area contributed by atoms with Crippen LogP contribution in [-0.2, 0) is 11.3 Å². The zero-order valence-corrected chi connectivity index (χ0v) is 15.5. The lowest BCUT2D eigenvalue weighted by atomic mass is 10.1. The predicted octanol–water partition coefficient (Wildman–Crippen LogP) is 3.72. The van der Waals surface area contributed by atoms with E-state index < -0.39 is 5.91 Å². The maximum absolute atomic E-state index is 10.9. The monoisotopic (exact) mass is 382 g/mol. The summed E-state index contributed by atoms with van der Waals surface area (Å²) in [5.74, 6) is 0.169. The van der Waals surface area contributed by atoms with Crippen molar-refractivity contribution in [3.63, 3.8) is 0 Å². The standard InChI is InChI=1S/C18H20Cl2N2O3/c1-11(13-3-5-14(19)6-4-13)22-9-12-7-15(20)18(16(8-12)24-2)25-10-17(21)23/h3-8,11,22H,9-10H2,1-2H3,(H2,21,23). The quantitative estimate of drug-likeness (QED) is 0.729. The Morgan fingerprint density at radius 1 is 1.24 bits per heavy atom. The molecule has 134 valence electrons. The highest BCUT2D eigenvalue weighted by Gasteiger charge is 2.14. The van der Waals surface area contributed by atoms with Crippen LogP contribution in [0, 0.1) is 0 Å². The number of hydrogen-bond donors (Lipinski definition) is 2. The molecule has 0 fully saturated rings. The molecule has 0 radical (unpaired) electrons. The van der Waals surface area contributed by atoms with E-state index in [4.69, 9.17) is 38.4 Å². The van der Waals surface area contributed by atoms with Crippen LogP contribution in [0.2, 0.25) is 10.0 Å². The third-order valence-electron chi connectivity index (χ3n) is 3.63. The molecule has 7 heteroatoms. The molecule has 1 atom stereocenters. The molecular weight excluding hydrogens is 363 g/mol. The van der Waals surface area contributed by atoms with Crippen molar-refractivity contribution in [2.24, 2.45) is 5.73 Å². The van der Waals surface area contributed by atoms with Gasteiger partial charge in [-0.1, -0.05) is 35.3 Å². The van der Waals surface area contributed by atoms with Gasteiger partial charge in [-0.05, 0) is 42.3 Å². The second-order valence-electron chi connectivity index (χ2n) is 5.52. The lowest BCUT2D eigenvalue weighted by Gasteiger charge is -2.17. The number of primary amides is 1. The summed E-state index contributed by atoms with van der Waals surface area (Å²) in [4.78, 5) is 10.9. The number of rotatable bonds is 8. The maximum Gasteiger partial charge on any atom is 0.255 e. The summed E-state index contributed by atoms with van der Waals surface area (Å²) in [6, 6.07) is 11.4. The van der Waals surface area contributed by atoms with Crippen molar-refractivity contribution in [3.8, 4) is 11.5 Å². The minimum Gasteiger partial charge on any atom is -0.493 e. The molecule has 2 aromatic carbocycles. The number of benzene rings is 2. The summed E-state index contributed by atoms with van der Waals surface area (Å²) in [7, 11) is 1.51. The Morgan fingerprint density at radius 3 is 2.52 bits per heavy atom. The van der Waals surface area contributed by atoms with E-state index >= 15 is 0 Å². The molecule has 0 aliphatic carbocycles. The Morgan fingerprint density at radius 2 is 1.92 bits per heavy atom. The second kappa shape index (κ2) is 8.94. The van der Waals surface area contributed by atoms with Crippen LogP contribution in [-0.4, -0.2) is 19.6 Å². The van der Waals surface area contributed by atoms with E-state index in [0.717, 1.165) is 11.1 Å². The molecule has 1 unspecified atom stereocenters. The van der Waals surface area contributed by atoms with E-state index in [9.17, 15) is 4.79 Å². The van der Waals surface area contributed by atoms with Crippen molar-refractivity contribution < 1.29 is 14.3 Å². The number of carbonyl (C=O) groups is 1. The van der Waals surface area contributed by atoms with Crippen LogP contribution >= 0.6 is 23.2 Å². The third-order valence-corrected chi connectivity index (χ3v) is 4.16. The van der Waals surface area contributed by atoms with Crippen molar-refractivity contribution in [2.45, 2.75) is 19.5 Å². The number of nitrogens with one attached hydrogen (secondary N) is 1. The molecule has 0 aromatic heterocycles. The van der Waals surface area contributed by atoms with Gasteiger partial charge in [0.05, 0.1) is 12.1 Å². The Bertz CT molecular complexity index is 736. The van der Waals surface area contributed by atoms with E-state index in [2.05, 4.69) is 12.2 Å². The summed E-state index contributed by atoms with van der Waals surface area (Å²) < 4.78 is 10.6. The number of methoxy groups -OCH3 is 1. The van der Waals surface area contributed by atoms with Gasteiger partial charge >= 0.3 is 0 Å². The van der Waals surface area contributed by atoms with Gasteiger partial charge in [0.1, 0.15) is 0 Å². The Hall–Kier alpha value is -1.95. The van der Waals surface area contributed by atoms with Gasteiger partial charge in [0.2, 0.25) is 0 Å². The minimum atomic E-state index is -0.583. The van der Waals surface area contributed by atoms with Gasteiger partial charge in [0.15, 0.2) is 18.1 Å². The maximum atomic E-state index is 10.9. The first-order valence-corrected chi connectivity index (χ1v) is 8.42. The highest BCUT2D eigenvalue weighted by atomic mass is 35.5. The normalized spacial score (nSPS) is 11.8. The molecule has 2 rings (SSSR count). The first-order valence-electron chi connectivity index (χ1n) is 7.67. The molecule has 0 aliphatic rings. The van der Waals surface area contributed by atoms with Gasteiger partial charge in [-0.25, -0.2) is 0 Å². The van der Waals surface area contributed by atoms with Crippen LogP contribution in [0.5, 0.6) is 11.5 Å². The molecule has 5 nitrogen and oxygen atoms in total. The van der Waals surface area contributed by atoms with Crippen molar-refractivity contribution in [3.05, 3.63) is 57.6 Å².